The second kappa shape index (κ2) is 11.7. The zero-order chi connectivity index (χ0) is 28.3. The van der Waals surface area contributed by atoms with Gasteiger partial charge >= 0.3 is 0 Å². The molecule has 8 heteroatoms. The normalized spacial score (nSPS) is 12.3. The fourth-order valence-corrected chi connectivity index (χ4v) is 6.43. The highest BCUT2D eigenvalue weighted by Gasteiger charge is 2.25. The molecule has 1 heterocycles. The first-order valence-electron chi connectivity index (χ1n) is 12.8. The number of carbonyl (C=O) groups is 1. The standard InChI is InChI=1S/C32H28BrNO5S/c1-22-12-14-23(15-13-22)29(18-19-33)39-30-17-16-24(20-31(30)38-2)32(35)27-21-34(28-11-7-6-10-26(27)28)40(36,37)25-8-4-3-5-9-25/h3-17,20-21,29H,18-19H2,1-2H3. The van der Waals surface area contributed by atoms with Crippen LogP contribution in [0.15, 0.2) is 108 Å². The molecule has 204 valence electrons. The van der Waals surface area contributed by atoms with Gasteiger partial charge in [0.15, 0.2) is 17.3 Å². The number of ketones is 1. The molecule has 6 nitrogen and oxygen atoms in total. The number of alkyl halides is 1. The molecule has 0 bridgehead atoms. The van der Waals surface area contributed by atoms with E-state index in [4.69, 9.17) is 9.47 Å². The van der Waals surface area contributed by atoms with Crippen molar-refractivity contribution >= 4 is 42.6 Å². The number of aryl methyl sites for hydroxylation is 1. The molecule has 1 atom stereocenters. The van der Waals surface area contributed by atoms with Gasteiger partial charge in [0.05, 0.1) is 17.5 Å². The maximum absolute atomic E-state index is 13.8. The second-order valence-electron chi connectivity index (χ2n) is 9.36. The monoisotopic (exact) mass is 617 g/mol. The minimum Gasteiger partial charge on any atom is -0.493 e. The van der Waals surface area contributed by atoms with Crippen LogP contribution in [0.4, 0.5) is 0 Å². The number of ether oxygens (including phenoxy) is 2. The molecule has 0 aliphatic rings. The van der Waals surface area contributed by atoms with Crippen molar-refractivity contribution in [1.29, 1.82) is 0 Å². The largest absolute Gasteiger partial charge is 0.493 e. The SMILES string of the molecule is COc1cc(C(=O)c2cn(S(=O)(=O)c3ccccc3)c3ccccc23)ccc1OC(CCBr)c1ccc(C)cc1. The van der Waals surface area contributed by atoms with Crippen LogP contribution in [0, 0.1) is 6.92 Å². The average Bonchev–Trinajstić information content (AvgIpc) is 3.38. The van der Waals surface area contributed by atoms with E-state index in [0.717, 1.165) is 17.3 Å². The number of aromatic nitrogens is 1. The molecule has 0 aliphatic carbocycles. The zero-order valence-corrected chi connectivity index (χ0v) is 24.5. The highest BCUT2D eigenvalue weighted by molar-refractivity contribution is 9.09. The molecule has 0 amide bonds. The van der Waals surface area contributed by atoms with Gasteiger partial charge < -0.3 is 9.47 Å². The maximum atomic E-state index is 13.8. The third-order valence-corrected chi connectivity index (χ3v) is 8.88. The number of hydrogen-bond acceptors (Lipinski definition) is 5. The van der Waals surface area contributed by atoms with E-state index in [2.05, 4.69) is 15.9 Å². The highest BCUT2D eigenvalue weighted by atomic mass is 79.9. The molecule has 0 aliphatic heterocycles. The highest BCUT2D eigenvalue weighted by Crippen LogP contribution is 2.35. The van der Waals surface area contributed by atoms with Gasteiger partial charge in [-0.1, -0.05) is 82.2 Å². The van der Waals surface area contributed by atoms with E-state index in [1.807, 2.05) is 31.2 Å². The summed E-state index contributed by atoms with van der Waals surface area (Å²) >= 11 is 3.52. The lowest BCUT2D eigenvalue weighted by atomic mass is 10.0. The Kier molecular flexibility index (Phi) is 8.09. The Balaban J connectivity index is 1.51. The summed E-state index contributed by atoms with van der Waals surface area (Å²) in [6, 6.07) is 28.4. The summed E-state index contributed by atoms with van der Waals surface area (Å²) in [5.41, 5.74) is 3.27. The first-order valence-corrected chi connectivity index (χ1v) is 15.3. The van der Waals surface area contributed by atoms with Gasteiger partial charge in [0.2, 0.25) is 0 Å². The fraction of sp³-hybridized carbons (Fsp3) is 0.156. The Morgan fingerprint density at radius 3 is 2.30 bits per heavy atom. The van der Waals surface area contributed by atoms with Crippen molar-refractivity contribution in [1.82, 2.24) is 3.97 Å². The van der Waals surface area contributed by atoms with Crippen LogP contribution in [0.2, 0.25) is 0 Å². The van der Waals surface area contributed by atoms with Crippen LogP contribution < -0.4 is 9.47 Å². The van der Waals surface area contributed by atoms with Crippen LogP contribution in [0.3, 0.4) is 0 Å². The fourth-order valence-electron chi connectivity index (χ4n) is 4.62. The van der Waals surface area contributed by atoms with Crippen LogP contribution in [-0.2, 0) is 10.0 Å². The van der Waals surface area contributed by atoms with E-state index >= 15 is 0 Å². The molecule has 1 unspecified atom stereocenters. The molecule has 0 N–H and O–H groups in total. The van der Waals surface area contributed by atoms with Crippen molar-refractivity contribution in [2.45, 2.75) is 24.3 Å². The van der Waals surface area contributed by atoms with Gasteiger partial charge in [0.1, 0.15) is 6.10 Å². The first-order chi connectivity index (χ1) is 19.3. The summed E-state index contributed by atoms with van der Waals surface area (Å²) in [7, 11) is -2.38. The van der Waals surface area contributed by atoms with Gasteiger partial charge in [-0.05, 0) is 55.3 Å². The molecule has 0 saturated heterocycles. The quantitative estimate of drug-likeness (QED) is 0.121. The average molecular weight is 619 g/mol. The lowest BCUT2D eigenvalue weighted by Gasteiger charge is -2.21. The Morgan fingerprint density at radius 2 is 1.60 bits per heavy atom. The number of para-hydroxylation sites is 1. The van der Waals surface area contributed by atoms with E-state index in [1.165, 1.54) is 35.0 Å². The predicted octanol–water partition coefficient (Wildman–Crippen LogP) is 7.33. The summed E-state index contributed by atoms with van der Waals surface area (Å²) < 4.78 is 40.1. The summed E-state index contributed by atoms with van der Waals surface area (Å²) in [6.07, 6.45) is 1.93. The van der Waals surface area contributed by atoms with E-state index in [1.54, 1.807) is 60.7 Å². The molecule has 4 aromatic carbocycles. The molecule has 0 spiro atoms. The topological polar surface area (TPSA) is 74.6 Å². The van der Waals surface area contributed by atoms with Crippen molar-refractivity contribution < 1.29 is 22.7 Å². The summed E-state index contributed by atoms with van der Waals surface area (Å²) in [5.74, 6) is 0.608. The first kappa shape index (κ1) is 27.7. The van der Waals surface area contributed by atoms with Crippen molar-refractivity contribution in [3.63, 3.8) is 0 Å². The smallest absolute Gasteiger partial charge is 0.268 e. The number of fused-ring (bicyclic) bond motifs is 1. The maximum Gasteiger partial charge on any atom is 0.268 e. The molecular formula is C32H28BrNO5S. The molecule has 1 aromatic heterocycles. The molecule has 0 fully saturated rings. The molecule has 0 radical (unpaired) electrons. The number of hydrogen-bond donors (Lipinski definition) is 0. The molecule has 5 aromatic rings. The number of nitrogens with zero attached hydrogens (tertiary/aromatic N) is 1. The molecule has 40 heavy (non-hydrogen) atoms. The number of halogens is 1. The van der Waals surface area contributed by atoms with E-state index in [9.17, 15) is 13.2 Å². The Hall–Kier alpha value is -3.88. The zero-order valence-electron chi connectivity index (χ0n) is 22.1. The third kappa shape index (κ3) is 5.42. The van der Waals surface area contributed by atoms with Gasteiger partial charge in [0, 0.05) is 28.0 Å². The number of rotatable bonds is 10. The van der Waals surface area contributed by atoms with E-state index < -0.39 is 10.0 Å². The molecule has 5 rings (SSSR count). The van der Waals surface area contributed by atoms with Crippen molar-refractivity contribution in [3.05, 3.63) is 126 Å². The van der Waals surface area contributed by atoms with Crippen molar-refractivity contribution in [2.24, 2.45) is 0 Å². The van der Waals surface area contributed by atoms with Crippen LogP contribution in [0.5, 0.6) is 11.5 Å². The van der Waals surface area contributed by atoms with Crippen LogP contribution >= 0.6 is 15.9 Å². The Labute approximate surface area is 242 Å². The number of methoxy groups -OCH3 is 1. The number of carbonyl (C=O) groups excluding carboxylic acids is 1. The van der Waals surface area contributed by atoms with Gasteiger partial charge in [-0.2, -0.15) is 0 Å². The minimum absolute atomic E-state index is 0.143. The second-order valence-corrected chi connectivity index (χ2v) is 12.0. The van der Waals surface area contributed by atoms with E-state index in [0.29, 0.717) is 28.0 Å². The minimum atomic E-state index is -3.91. The van der Waals surface area contributed by atoms with Crippen LogP contribution in [0.1, 0.15) is 39.6 Å². The van der Waals surface area contributed by atoms with E-state index in [-0.39, 0.29) is 22.3 Å². The van der Waals surface area contributed by atoms with Gasteiger partial charge in [0.25, 0.3) is 10.0 Å². The summed E-state index contributed by atoms with van der Waals surface area (Å²) in [4.78, 5) is 13.9. The van der Waals surface area contributed by atoms with Crippen molar-refractivity contribution in [3.8, 4) is 11.5 Å². The summed E-state index contributed by atoms with van der Waals surface area (Å²) in [6.45, 7) is 2.04. The Bertz CT molecular complexity index is 1760. The lowest BCUT2D eigenvalue weighted by Crippen LogP contribution is -2.12. The molecular weight excluding hydrogens is 590 g/mol. The third-order valence-electron chi connectivity index (χ3n) is 6.74. The van der Waals surface area contributed by atoms with Crippen LogP contribution in [-0.4, -0.2) is 30.6 Å². The van der Waals surface area contributed by atoms with Gasteiger partial charge in [-0.3, -0.25) is 4.79 Å². The van der Waals surface area contributed by atoms with Crippen LogP contribution in [0.25, 0.3) is 10.9 Å². The van der Waals surface area contributed by atoms with Gasteiger partial charge in [-0.15, -0.1) is 0 Å². The summed E-state index contributed by atoms with van der Waals surface area (Å²) in [5, 5.41) is 1.29. The Morgan fingerprint density at radius 1 is 0.900 bits per heavy atom. The van der Waals surface area contributed by atoms with Crippen molar-refractivity contribution in [2.75, 3.05) is 12.4 Å². The van der Waals surface area contributed by atoms with Gasteiger partial charge in [-0.25, -0.2) is 12.4 Å². The lowest BCUT2D eigenvalue weighted by molar-refractivity contribution is 0.103. The molecule has 0 saturated carbocycles. The predicted molar refractivity (Wildman–Crippen MR) is 160 cm³/mol. The number of benzene rings is 4.